The lowest BCUT2D eigenvalue weighted by atomic mass is 9.99. The molecule has 1 aliphatic rings. The number of carbonyl (C=O) groups is 1. The third kappa shape index (κ3) is 5.01. The number of rotatable bonds is 7. The zero-order valence-corrected chi connectivity index (χ0v) is 19.1. The van der Waals surface area contributed by atoms with Gasteiger partial charge in [0.2, 0.25) is 0 Å². The maximum atomic E-state index is 12.9. The molecule has 2 aromatic carbocycles. The summed E-state index contributed by atoms with van der Waals surface area (Å²) < 4.78 is 2.15. The van der Waals surface area contributed by atoms with Crippen LogP contribution in [-0.4, -0.2) is 20.8 Å². The van der Waals surface area contributed by atoms with E-state index in [1.807, 2.05) is 72.8 Å². The average molecular weight is 452 g/mol. The third-order valence-corrected chi connectivity index (χ3v) is 6.40. The van der Waals surface area contributed by atoms with E-state index in [0.717, 1.165) is 40.9 Å². The van der Waals surface area contributed by atoms with E-state index in [4.69, 9.17) is 5.10 Å². The highest BCUT2D eigenvalue weighted by Gasteiger charge is 2.22. The van der Waals surface area contributed by atoms with Gasteiger partial charge in [-0.25, -0.2) is 4.79 Å². The molecule has 2 heterocycles. The van der Waals surface area contributed by atoms with Gasteiger partial charge in [0.25, 0.3) is 0 Å². The summed E-state index contributed by atoms with van der Waals surface area (Å²) in [6.07, 6.45) is 8.36. The number of benzene rings is 2. The quantitative estimate of drug-likeness (QED) is 0.381. The van der Waals surface area contributed by atoms with Crippen molar-refractivity contribution in [2.75, 3.05) is 0 Å². The molecule has 5 rings (SSSR count). The fraction of sp³-hybridized carbons (Fsp3) is 0.250. The minimum absolute atomic E-state index is 0.224. The molecular formula is C28H29N5O. The van der Waals surface area contributed by atoms with Gasteiger partial charge >= 0.3 is 6.03 Å². The molecule has 0 aliphatic heterocycles. The summed E-state index contributed by atoms with van der Waals surface area (Å²) in [6, 6.07) is 26.1. The maximum absolute atomic E-state index is 12.9. The molecule has 0 radical (unpaired) electrons. The average Bonchev–Trinajstić information content (AvgIpc) is 3.58. The summed E-state index contributed by atoms with van der Waals surface area (Å²) in [5, 5.41) is 11.0. The minimum atomic E-state index is -0.231. The topological polar surface area (TPSA) is 71.8 Å². The Hall–Kier alpha value is -3.93. The molecule has 0 bridgehead atoms. The van der Waals surface area contributed by atoms with Crippen molar-refractivity contribution in [2.24, 2.45) is 0 Å². The summed E-state index contributed by atoms with van der Waals surface area (Å²) in [4.78, 5) is 17.1. The summed E-state index contributed by atoms with van der Waals surface area (Å²) in [7, 11) is 0. The van der Waals surface area contributed by atoms with E-state index in [9.17, 15) is 4.79 Å². The van der Waals surface area contributed by atoms with Crippen LogP contribution in [0, 0.1) is 0 Å². The SMILES string of the molecule is O=C(NCc1cc(-c2ccncc2)n(C2CCCC2)n1)NC(c1ccccc1)c1ccccc1. The lowest BCUT2D eigenvalue weighted by Crippen LogP contribution is -2.38. The van der Waals surface area contributed by atoms with E-state index < -0.39 is 0 Å². The van der Waals surface area contributed by atoms with E-state index in [2.05, 4.69) is 26.4 Å². The van der Waals surface area contributed by atoms with Crippen molar-refractivity contribution in [3.8, 4) is 11.3 Å². The highest BCUT2D eigenvalue weighted by Crippen LogP contribution is 2.33. The largest absolute Gasteiger partial charge is 0.332 e. The molecule has 1 saturated carbocycles. The van der Waals surface area contributed by atoms with Crippen molar-refractivity contribution in [3.05, 3.63) is 108 Å². The van der Waals surface area contributed by atoms with Crippen LogP contribution in [0.4, 0.5) is 4.79 Å². The molecule has 2 aromatic heterocycles. The van der Waals surface area contributed by atoms with Gasteiger partial charge in [-0.05, 0) is 42.2 Å². The van der Waals surface area contributed by atoms with Crippen molar-refractivity contribution >= 4 is 6.03 Å². The number of nitrogens with one attached hydrogen (secondary N) is 2. The number of carbonyl (C=O) groups excluding carboxylic acids is 1. The first-order chi connectivity index (χ1) is 16.8. The van der Waals surface area contributed by atoms with E-state index in [1.165, 1.54) is 12.8 Å². The second-order valence-electron chi connectivity index (χ2n) is 8.72. The van der Waals surface area contributed by atoms with Gasteiger partial charge in [-0.1, -0.05) is 73.5 Å². The lowest BCUT2D eigenvalue weighted by molar-refractivity contribution is 0.238. The fourth-order valence-electron chi connectivity index (χ4n) is 4.70. The number of amides is 2. The van der Waals surface area contributed by atoms with Gasteiger partial charge in [0.05, 0.1) is 30.0 Å². The Bertz CT molecular complexity index is 1160. The van der Waals surface area contributed by atoms with Crippen LogP contribution in [0.25, 0.3) is 11.3 Å². The predicted molar refractivity (Wildman–Crippen MR) is 133 cm³/mol. The third-order valence-electron chi connectivity index (χ3n) is 6.40. The fourth-order valence-corrected chi connectivity index (χ4v) is 4.70. The molecule has 1 fully saturated rings. The Morgan fingerprint density at radius 2 is 1.53 bits per heavy atom. The van der Waals surface area contributed by atoms with Crippen LogP contribution in [0.3, 0.4) is 0 Å². The second kappa shape index (κ2) is 10.3. The second-order valence-corrected chi connectivity index (χ2v) is 8.72. The Balaban J connectivity index is 1.32. The van der Waals surface area contributed by atoms with E-state index >= 15 is 0 Å². The van der Waals surface area contributed by atoms with Crippen LogP contribution in [0.15, 0.2) is 91.3 Å². The zero-order chi connectivity index (χ0) is 23.2. The van der Waals surface area contributed by atoms with Crippen LogP contribution in [-0.2, 0) is 6.54 Å². The van der Waals surface area contributed by atoms with E-state index in [0.29, 0.717) is 12.6 Å². The molecule has 2 N–H and O–H groups in total. The van der Waals surface area contributed by atoms with Crippen LogP contribution in [0.1, 0.15) is 54.6 Å². The first-order valence-corrected chi connectivity index (χ1v) is 11.9. The number of nitrogens with zero attached hydrogens (tertiary/aromatic N) is 3. The number of hydrogen-bond acceptors (Lipinski definition) is 3. The molecule has 0 atom stereocenters. The van der Waals surface area contributed by atoms with Crippen LogP contribution >= 0.6 is 0 Å². The molecule has 0 spiro atoms. The van der Waals surface area contributed by atoms with Crippen molar-refractivity contribution in [1.29, 1.82) is 0 Å². The summed E-state index contributed by atoms with van der Waals surface area (Å²) in [5.74, 6) is 0. The molecule has 172 valence electrons. The van der Waals surface area contributed by atoms with Crippen molar-refractivity contribution in [2.45, 2.75) is 44.3 Å². The predicted octanol–water partition coefficient (Wildman–Crippen LogP) is 5.65. The van der Waals surface area contributed by atoms with Crippen LogP contribution < -0.4 is 10.6 Å². The zero-order valence-electron chi connectivity index (χ0n) is 19.1. The number of aromatic nitrogens is 3. The van der Waals surface area contributed by atoms with Gasteiger partial charge in [0, 0.05) is 18.0 Å². The maximum Gasteiger partial charge on any atom is 0.315 e. The van der Waals surface area contributed by atoms with E-state index in [1.54, 1.807) is 12.4 Å². The molecule has 6 heteroatoms. The molecule has 6 nitrogen and oxygen atoms in total. The molecule has 1 aliphatic carbocycles. The van der Waals surface area contributed by atoms with Gasteiger partial charge in [0.1, 0.15) is 0 Å². The number of pyridine rings is 1. The van der Waals surface area contributed by atoms with Crippen molar-refractivity contribution < 1.29 is 4.79 Å². The summed E-state index contributed by atoms with van der Waals surface area (Å²) >= 11 is 0. The van der Waals surface area contributed by atoms with Gasteiger partial charge < -0.3 is 10.6 Å². The lowest BCUT2D eigenvalue weighted by Gasteiger charge is -2.20. The molecule has 2 amide bonds. The number of hydrogen-bond donors (Lipinski definition) is 2. The normalized spacial score (nSPS) is 13.8. The smallest absolute Gasteiger partial charge is 0.315 e. The Labute approximate surface area is 200 Å². The van der Waals surface area contributed by atoms with Crippen LogP contribution in [0.5, 0.6) is 0 Å². The summed E-state index contributed by atoms with van der Waals surface area (Å²) in [5.41, 5.74) is 5.10. The molecular weight excluding hydrogens is 422 g/mol. The van der Waals surface area contributed by atoms with E-state index in [-0.39, 0.29) is 12.1 Å². The minimum Gasteiger partial charge on any atom is -0.332 e. The van der Waals surface area contributed by atoms with Gasteiger partial charge in [-0.15, -0.1) is 0 Å². The van der Waals surface area contributed by atoms with Crippen molar-refractivity contribution in [1.82, 2.24) is 25.4 Å². The van der Waals surface area contributed by atoms with Gasteiger partial charge in [0.15, 0.2) is 0 Å². The molecule has 0 saturated heterocycles. The summed E-state index contributed by atoms with van der Waals surface area (Å²) in [6.45, 7) is 0.361. The Morgan fingerprint density at radius 1 is 0.912 bits per heavy atom. The highest BCUT2D eigenvalue weighted by molar-refractivity contribution is 5.75. The van der Waals surface area contributed by atoms with Gasteiger partial charge in [-0.3, -0.25) is 9.67 Å². The van der Waals surface area contributed by atoms with Gasteiger partial charge in [-0.2, -0.15) is 5.10 Å². The Kier molecular flexibility index (Phi) is 6.66. The monoisotopic (exact) mass is 451 g/mol. The molecule has 34 heavy (non-hydrogen) atoms. The first kappa shape index (κ1) is 21.9. The molecule has 0 unspecified atom stereocenters. The van der Waals surface area contributed by atoms with Crippen molar-refractivity contribution in [3.63, 3.8) is 0 Å². The standard InChI is InChI=1S/C28H29N5O/c34-28(31-27(22-9-3-1-4-10-22)23-11-5-2-6-12-23)30-20-24-19-26(21-15-17-29-18-16-21)33(32-24)25-13-7-8-14-25/h1-6,9-12,15-19,25,27H,7-8,13-14,20H2,(H2,30,31,34). The highest BCUT2D eigenvalue weighted by atomic mass is 16.2. The number of urea groups is 1. The van der Waals surface area contributed by atoms with Crippen LogP contribution in [0.2, 0.25) is 0 Å². The molecule has 4 aromatic rings. The first-order valence-electron chi connectivity index (χ1n) is 11.9. The Morgan fingerprint density at radius 3 is 2.15 bits per heavy atom.